The fraction of sp³-hybridized carbons (Fsp3) is 0.250. The van der Waals surface area contributed by atoms with E-state index in [0.29, 0.717) is 9.24 Å². The van der Waals surface area contributed by atoms with Gasteiger partial charge in [-0.05, 0) is 23.8 Å². The Kier molecular flexibility index (Phi) is 4.76. The molecule has 1 N–H and O–H groups in total. The smallest absolute Gasteiger partial charge is 0.196 e. The molecule has 8 heteroatoms. The molecule has 4 aromatic rings. The first-order chi connectivity index (χ1) is 13.7. The highest BCUT2D eigenvalue weighted by Gasteiger charge is 2.19. The number of nitrogens with zero attached hydrogens (tertiary/aromatic N) is 4. The van der Waals surface area contributed by atoms with E-state index in [-0.39, 0.29) is 0 Å². The molecule has 1 aliphatic rings. The van der Waals surface area contributed by atoms with Gasteiger partial charge in [-0.1, -0.05) is 29.8 Å². The van der Waals surface area contributed by atoms with Crippen LogP contribution in [0.1, 0.15) is 21.7 Å². The zero-order valence-corrected chi connectivity index (χ0v) is 17.4. The number of thiazole rings is 1. The summed E-state index contributed by atoms with van der Waals surface area (Å²) in [6.45, 7) is 3.59. The molecular weight excluding hydrogens is 410 g/mol. The Bertz CT molecular complexity index is 1210. The first-order valence-electron chi connectivity index (χ1n) is 9.12. The summed E-state index contributed by atoms with van der Waals surface area (Å²) < 4.78 is 3.45. The summed E-state index contributed by atoms with van der Waals surface area (Å²) in [5.41, 5.74) is 5.04. The van der Waals surface area contributed by atoms with Crippen molar-refractivity contribution in [3.8, 4) is 0 Å². The van der Waals surface area contributed by atoms with Crippen molar-refractivity contribution in [2.24, 2.45) is 0 Å². The number of fused-ring (bicyclic) bond motifs is 2. The lowest BCUT2D eigenvalue weighted by Crippen LogP contribution is -2.30. The van der Waals surface area contributed by atoms with E-state index in [4.69, 9.17) is 23.8 Å². The Labute approximate surface area is 176 Å². The number of rotatable bonds is 4. The Morgan fingerprint density at radius 3 is 2.93 bits per heavy atom. The van der Waals surface area contributed by atoms with Gasteiger partial charge in [0.05, 0.1) is 6.54 Å². The molecule has 28 heavy (non-hydrogen) atoms. The molecule has 0 unspecified atom stereocenters. The minimum atomic E-state index is 0.568. The van der Waals surface area contributed by atoms with Gasteiger partial charge >= 0.3 is 0 Å². The third-order valence-corrected chi connectivity index (χ3v) is 6.48. The third kappa shape index (κ3) is 3.51. The quantitative estimate of drug-likeness (QED) is 0.475. The summed E-state index contributed by atoms with van der Waals surface area (Å²) >= 11 is 12.7. The molecule has 1 aliphatic heterocycles. The fourth-order valence-electron chi connectivity index (χ4n) is 3.89. The minimum Gasteiger partial charge on any atom is -0.342 e. The lowest BCUT2D eigenvalue weighted by atomic mass is 10.1. The molecule has 0 fully saturated rings. The van der Waals surface area contributed by atoms with E-state index in [0.717, 1.165) is 37.5 Å². The second-order valence-corrected chi connectivity index (χ2v) is 9.12. The van der Waals surface area contributed by atoms with Crippen LogP contribution in [-0.2, 0) is 26.1 Å². The topological polar surface area (TPSA) is 49.7 Å². The highest BCUT2D eigenvalue weighted by Crippen LogP contribution is 2.27. The Hall–Kier alpha value is -2.06. The van der Waals surface area contributed by atoms with Crippen molar-refractivity contribution in [1.29, 1.82) is 0 Å². The first-order valence-corrected chi connectivity index (χ1v) is 10.7. The first kappa shape index (κ1) is 18.0. The van der Waals surface area contributed by atoms with Gasteiger partial charge in [0.1, 0.15) is 0 Å². The van der Waals surface area contributed by atoms with Crippen molar-refractivity contribution in [1.82, 2.24) is 24.4 Å². The second kappa shape index (κ2) is 7.40. The largest absolute Gasteiger partial charge is 0.342 e. The van der Waals surface area contributed by atoms with E-state index in [1.807, 2.05) is 12.4 Å². The summed E-state index contributed by atoms with van der Waals surface area (Å²) in [6, 6.07) is 8.58. The van der Waals surface area contributed by atoms with E-state index in [9.17, 15) is 0 Å². The molecule has 0 amide bonds. The van der Waals surface area contributed by atoms with Gasteiger partial charge in [-0.3, -0.25) is 4.90 Å². The van der Waals surface area contributed by atoms with Gasteiger partial charge in [0.2, 0.25) is 0 Å². The predicted octanol–water partition coefficient (Wildman–Crippen LogP) is 4.81. The van der Waals surface area contributed by atoms with Gasteiger partial charge in [-0.15, -0.1) is 11.3 Å². The second-order valence-electron chi connectivity index (χ2n) is 7.03. The molecule has 0 saturated heterocycles. The minimum absolute atomic E-state index is 0.568. The van der Waals surface area contributed by atoms with Crippen LogP contribution < -0.4 is 0 Å². The van der Waals surface area contributed by atoms with Gasteiger partial charge in [0, 0.05) is 71.7 Å². The number of H-pyrrole nitrogens is 1. The lowest BCUT2D eigenvalue weighted by molar-refractivity contribution is 0.243. The van der Waals surface area contributed by atoms with Gasteiger partial charge in [-0.25, -0.2) is 9.97 Å². The molecule has 5 nitrogen and oxygen atoms in total. The molecule has 0 atom stereocenters. The summed E-state index contributed by atoms with van der Waals surface area (Å²) in [5.74, 6) is 0. The number of nitrogens with one attached hydrogen (secondary N) is 1. The predicted molar refractivity (Wildman–Crippen MR) is 115 cm³/mol. The number of hydrogen-bond acceptors (Lipinski definition) is 5. The van der Waals surface area contributed by atoms with Gasteiger partial charge in [0.25, 0.3) is 0 Å². The summed E-state index contributed by atoms with van der Waals surface area (Å²) in [7, 11) is 0. The zero-order chi connectivity index (χ0) is 19.1. The summed E-state index contributed by atoms with van der Waals surface area (Å²) in [4.78, 5) is 15.3. The molecule has 3 aromatic heterocycles. The van der Waals surface area contributed by atoms with Gasteiger partial charge in [0.15, 0.2) is 9.24 Å². The number of benzene rings is 1. The molecule has 142 valence electrons. The van der Waals surface area contributed by atoms with Crippen LogP contribution in [0.5, 0.6) is 0 Å². The maximum absolute atomic E-state index is 6.01. The number of aromatic amines is 1. The van der Waals surface area contributed by atoms with E-state index < -0.39 is 0 Å². The van der Waals surface area contributed by atoms with Crippen molar-refractivity contribution in [2.75, 3.05) is 6.54 Å². The van der Waals surface area contributed by atoms with E-state index >= 15 is 0 Å². The maximum Gasteiger partial charge on any atom is 0.196 e. The fourth-order valence-corrected chi connectivity index (χ4v) is 5.04. The normalized spacial score (nSPS) is 14.5. The maximum atomic E-state index is 6.01. The van der Waals surface area contributed by atoms with Crippen LogP contribution in [0.4, 0.5) is 0 Å². The Morgan fingerprint density at radius 1 is 1.18 bits per heavy atom. The molecule has 0 bridgehead atoms. The average molecular weight is 428 g/mol. The van der Waals surface area contributed by atoms with Crippen LogP contribution in [0, 0.1) is 4.77 Å². The standard InChI is InChI=1S/C20H18ClN5S2/c21-19-22-8-15(28-19)12-26-11-14(16-3-1-2-4-18(16)26)10-25-6-5-17-13(9-25)7-23-20(27)24-17/h1-4,7-8,11H,5-6,9-10,12H2,(H,23,24,27). The van der Waals surface area contributed by atoms with Gasteiger partial charge < -0.3 is 9.55 Å². The number of aromatic nitrogens is 4. The number of para-hydroxylation sites is 1. The van der Waals surface area contributed by atoms with Gasteiger partial charge in [-0.2, -0.15) is 0 Å². The molecule has 0 radical (unpaired) electrons. The van der Waals surface area contributed by atoms with Crippen LogP contribution in [0.2, 0.25) is 4.47 Å². The Balaban J connectivity index is 1.43. The molecular formula is C20H18ClN5S2. The zero-order valence-electron chi connectivity index (χ0n) is 15.1. The summed E-state index contributed by atoms with van der Waals surface area (Å²) in [6.07, 6.45) is 7.01. The highest BCUT2D eigenvalue weighted by molar-refractivity contribution is 7.71. The van der Waals surface area contributed by atoms with E-state index in [1.54, 1.807) is 0 Å². The van der Waals surface area contributed by atoms with E-state index in [2.05, 4.69) is 54.9 Å². The average Bonchev–Trinajstić information content (AvgIpc) is 3.26. The molecule has 1 aromatic carbocycles. The van der Waals surface area contributed by atoms with Crippen LogP contribution in [0.3, 0.4) is 0 Å². The molecule has 0 aliphatic carbocycles. The third-order valence-electron chi connectivity index (χ3n) is 5.17. The van der Waals surface area contributed by atoms with Crippen molar-refractivity contribution >= 4 is 46.1 Å². The number of hydrogen-bond donors (Lipinski definition) is 1. The molecule has 4 heterocycles. The number of halogens is 1. The molecule has 5 rings (SSSR count). The molecule has 0 saturated carbocycles. The van der Waals surface area contributed by atoms with Crippen LogP contribution >= 0.6 is 35.2 Å². The van der Waals surface area contributed by atoms with Crippen LogP contribution in [0.25, 0.3) is 10.9 Å². The summed E-state index contributed by atoms with van der Waals surface area (Å²) in [5, 5.41) is 1.30. The van der Waals surface area contributed by atoms with Crippen LogP contribution in [0.15, 0.2) is 42.9 Å². The van der Waals surface area contributed by atoms with Crippen molar-refractivity contribution < 1.29 is 0 Å². The Morgan fingerprint density at radius 2 is 2.07 bits per heavy atom. The lowest BCUT2D eigenvalue weighted by Gasteiger charge is -2.27. The highest BCUT2D eigenvalue weighted by atomic mass is 35.5. The van der Waals surface area contributed by atoms with Crippen LogP contribution in [-0.4, -0.2) is 31.0 Å². The SMILES string of the molecule is S=c1ncc2c([nH]1)CCN(Cc1cn(Cc3cnc(Cl)s3)c3ccccc13)C2. The van der Waals surface area contributed by atoms with Crippen molar-refractivity contribution in [3.63, 3.8) is 0 Å². The van der Waals surface area contributed by atoms with E-state index in [1.165, 1.54) is 39.1 Å². The monoisotopic (exact) mass is 427 g/mol. The van der Waals surface area contributed by atoms with Crippen molar-refractivity contribution in [3.05, 3.63) is 73.8 Å². The van der Waals surface area contributed by atoms with Crippen molar-refractivity contribution in [2.45, 2.75) is 26.1 Å². The molecule has 0 spiro atoms.